The quantitative estimate of drug-likeness (QED) is 0.317. The summed E-state index contributed by atoms with van der Waals surface area (Å²) in [5.41, 5.74) is 4.60. The van der Waals surface area contributed by atoms with Crippen LogP contribution in [-0.4, -0.2) is 26.7 Å². The number of rotatable bonds is 6. The van der Waals surface area contributed by atoms with Gasteiger partial charge in [-0.15, -0.1) is 0 Å². The Morgan fingerprint density at radius 1 is 0.939 bits per heavy atom. The normalized spacial score (nSPS) is 17.7. The number of nitrogens with zero attached hydrogens (tertiary/aromatic N) is 2. The third-order valence-electron chi connectivity index (χ3n) is 6.20. The van der Waals surface area contributed by atoms with E-state index in [2.05, 4.69) is 25.8 Å². The number of amides is 1. The Labute approximate surface area is 194 Å². The van der Waals surface area contributed by atoms with Crippen molar-refractivity contribution in [2.75, 3.05) is 0 Å². The summed E-state index contributed by atoms with van der Waals surface area (Å²) in [5.74, 6) is -1.07. The highest BCUT2D eigenvalue weighted by Crippen LogP contribution is 2.40. The van der Waals surface area contributed by atoms with E-state index in [1.165, 1.54) is 10.5 Å². The topological polar surface area (TPSA) is 70.5 Å². The number of aliphatic hydroxyl groups excluding tert-OH is 1. The molecule has 0 aliphatic carbocycles. The molecule has 4 rings (SSSR count). The van der Waals surface area contributed by atoms with Crippen LogP contribution in [0.5, 0.6) is 0 Å². The molecule has 168 valence electrons. The van der Waals surface area contributed by atoms with Crippen LogP contribution in [0, 0.1) is 0 Å². The molecule has 0 radical (unpaired) electrons. The summed E-state index contributed by atoms with van der Waals surface area (Å²) in [6.45, 7) is 6.53. The number of hydrogen-bond acceptors (Lipinski definition) is 4. The minimum absolute atomic E-state index is 0.121. The van der Waals surface area contributed by atoms with Gasteiger partial charge in [-0.1, -0.05) is 69.3 Å². The molecular weight excluding hydrogens is 412 g/mol. The van der Waals surface area contributed by atoms with Crippen molar-refractivity contribution < 1.29 is 14.7 Å². The average Bonchev–Trinajstić information content (AvgIpc) is 3.09. The van der Waals surface area contributed by atoms with Gasteiger partial charge >= 0.3 is 0 Å². The fraction of sp³-hybridized carbons (Fsp3) is 0.250. The molecule has 1 amide bonds. The lowest BCUT2D eigenvalue weighted by atomic mass is 9.93. The van der Waals surface area contributed by atoms with Gasteiger partial charge in [-0.2, -0.15) is 0 Å². The van der Waals surface area contributed by atoms with Gasteiger partial charge in [0.1, 0.15) is 5.76 Å². The summed E-state index contributed by atoms with van der Waals surface area (Å²) < 4.78 is 0. The number of likely N-dealkylation sites (tertiary alicyclic amines) is 1. The Morgan fingerprint density at radius 3 is 2.15 bits per heavy atom. The van der Waals surface area contributed by atoms with Gasteiger partial charge in [-0.05, 0) is 46.7 Å². The van der Waals surface area contributed by atoms with Gasteiger partial charge in [0.05, 0.1) is 11.6 Å². The maximum Gasteiger partial charge on any atom is 0.295 e. The van der Waals surface area contributed by atoms with Crippen molar-refractivity contribution in [2.24, 2.45) is 0 Å². The van der Waals surface area contributed by atoms with E-state index in [1.54, 1.807) is 24.5 Å². The molecule has 1 aliphatic heterocycles. The van der Waals surface area contributed by atoms with Crippen molar-refractivity contribution >= 4 is 17.4 Å². The molecule has 1 fully saturated rings. The zero-order valence-corrected chi connectivity index (χ0v) is 19.2. The molecule has 33 heavy (non-hydrogen) atoms. The van der Waals surface area contributed by atoms with E-state index in [1.807, 2.05) is 48.5 Å². The molecule has 5 heteroatoms. The van der Waals surface area contributed by atoms with Crippen LogP contribution in [0.15, 0.2) is 78.6 Å². The third-order valence-corrected chi connectivity index (χ3v) is 6.20. The van der Waals surface area contributed by atoms with Crippen LogP contribution in [0.2, 0.25) is 0 Å². The van der Waals surface area contributed by atoms with Crippen LogP contribution >= 0.6 is 0 Å². The molecule has 3 aromatic rings. The predicted octanol–water partition coefficient (Wildman–Crippen LogP) is 5.39. The first-order chi connectivity index (χ1) is 15.9. The molecular formula is C28H28N2O3. The number of aryl methyl sites for hydroxylation is 1. The lowest BCUT2D eigenvalue weighted by Gasteiger charge is -2.25. The zero-order chi connectivity index (χ0) is 23.5. The van der Waals surface area contributed by atoms with Crippen molar-refractivity contribution in [3.63, 3.8) is 0 Å². The van der Waals surface area contributed by atoms with Gasteiger partial charge in [0.25, 0.3) is 11.7 Å². The lowest BCUT2D eigenvalue weighted by Crippen LogP contribution is -2.29. The average molecular weight is 441 g/mol. The number of aliphatic hydroxyl groups is 1. The molecule has 5 nitrogen and oxygen atoms in total. The molecule has 1 atom stereocenters. The van der Waals surface area contributed by atoms with Gasteiger partial charge in [-0.3, -0.25) is 14.6 Å². The summed E-state index contributed by atoms with van der Waals surface area (Å²) in [5, 5.41) is 11.2. The van der Waals surface area contributed by atoms with Gasteiger partial charge in [0.15, 0.2) is 0 Å². The number of pyridine rings is 1. The van der Waals surface area contributed by atoms with E-state index in [0.29, 0.717) is 11.5 Å². The van der Waals surface area contributed by atoms with E-state index >= 15 is 0 Å². The molecule has 0 saturated carbocycles. The van der Waals surface area contributed by atoms with E-state index in [0.717, 1.165) is 23.1 Å². The Morgan fingerprint density at radius 2 is 1.58 bits per heavy atom. The first kappa shape index (κ1) is 22.5. The van der Waals surface area contributed by atoms with Gasteiger partial charge in [0.2, 0.25) is 0 Å². The minimum atomic E-state index is -0.676. The summed E-state index contributed by atoms with van der Waals surface area (Å²) in [4.78, 5) is 31.9. The minimum Gasteiger partial charge on any atom is -0.507 e. The second-order valence-corrected chi connectivity index (χ2v) is 8.65. The van der Waals surface area contributed by atoms with Gasteiger partial charge in [0, 0.05) is 24.5 Å². The first-order valence-corrected chi connectivity index (χ1v) is 11.3. The van der Waals surface area contributed by atoms with E-state index in [-0.39, 0.29) is 17.9 Å². The molecule has 1 aromatic heterocycles. The second kappa shape index (κ2) is 9.41. The first-order valence-electron chi connectivity index (χ1n) is 11.3. The summed E-state index contributed by atoms with van der Waals surface area (Å²) in [6.07, 6.45) is 4.20. The van der Waals surface area contributed by atoms with Crippen LogP contribution in [-0.2, 0) is 22.6 Å². The van der Waals surface area contributed by atoms with Crippen molar-refractivity contribution in [3.8, 4) is 0 Å². The molecule has 2 aromatic carbocycles. The molecule has 0 bridgehead atoms. The molecule has 1 saturated heterocycles. The van der Waals surface area contributed by atoms with Crippen LogP contribution in [0.25, 0.3) is 5.76 Å². The van der Waals surface area contributed by atoms with Crippen molar-refractivity contribution in [1.29, 1.82) is 0 Å². The summed E-state index contributed by atoms with van der Waals surface area (Å²) >= 11 is 0. The van der Waals surface area contributed by atoms with Gasteiger partial charge < -0.3 is 10.0 Å². The second-order valence-electron chi connectivity index (χ2n) is 8.65. The highest BCUT2D eigenvalue weighted by molar-refractivity contribution is 6.46. The molecule has 0 spiro atoms. The SMILES string of the molecule is CCc1ccc(/C(O)=C2/C(=O)C(=O)N(Cc3ccncc3)C2c2ccc(C(C)C)cc2)cc1. The molecule has 1 unspecified atom stereocenters. The molecule has 2 heterocycles. The van der Waals surface area contributed by atoms with Crippen molar-refractivity contribution in [1.82, 2.24) is 9.88 Å². The highest BCUT2D eigenvalue weighted by Gasteiger charge is 2.46. The van der Waals surface area contributed by atoms with Crippen LogP contribution in [0.1, 0.15) is 60.5 Å². The maximum absolute atomic E-state index is 13.2. The van der Waals surface area contributed by atoms with E-state index in [4.69, 9.17) is 0 Å². The number of hydrogen-bond donors (Lipinski definition) is 1. The number of Topliss-reactive ketones (excluding diaryl/α,β-unsaturated/α-hetero) is 1. The molecule has 1 aliphatic rings. The largest absolute Gasteiger partial charge is 0.507 e. The Hall–Kier alpha value is -3.73. The Kier molecular flexibility index (Phi) is 6.40. The van der Waals surface area contributed by atoms with E-state index < -0.39 is 17.7 Å². The van der Waals surface area contributed by atoms with Crippen LogP contribution < -0.4 is 0 Å². The number of carbonyl (C=O) groups excluding carboxylic acids is 2. The Balaban J connectivity index is 1.83. The highest BCUT2D eigenvalue weighted by atomic mass is 16.3. The maximum atomic E-state index is 13.2. The van der Waals surface area contributed by atoms with Crippen LogP contribution in [0.3, 0.4) is 0 Å². The molecule has 1 N–H and O–H groups in total. The Bertz CT molecular complexity index is 1180. The van der Waals surface area contributed by atoms with Gasteiger partial charge in [-0.25, -0.2) is 0 Å². The van der Waals surface area contributed by atoms with E-state index in [9.17, 15) is 14.7 Å². The number of carbonyl (C=O) groups is 2. The standard InChI is InChI=1S/C28H28N2O3/c1-4-19-5-7-23(8-6-19)26(31)24-25(22-11-9-21(10-12-22)18(2)3)30(28(33)27(24)32)17-20-13-15-29-16-14-20/h5-16,18,25,31H,4,17H2,1-3H3/b26-24-. The smallest absolute Gasteiger partial charge is 0.295 e. The lowest BCUT2D eigenvalue weighted by molar-refractivity contribution is -0.140. The van der Waals surface area contributed by atoms with Crippen molar-refractivity contribution in [3.05, 3.63) is 106 Å². The fourth-order valence-electron chi connectivity index (χ4n) is 4.19. The summed E-state index contributed by atoms with van der Waals surface area (Å²) in [7, 11) is 0. The third kappa shape index (κ3) is 4.44. The monoisotopic (exact) mass is 440 g/mol. The van der Waals surface area contributed by atoms with Crippen LogP contribution in [0.4, 0.5) is 0 Å². The predicted molar refractivity (Wildman–Crippen MR) is 128 cm³/mol. The van der Waals surface area contributed by atoms with Crippen molar-refractivity contribution in [2.45, 2.75) is 45.7 Å². The summed E-state index contributed by atoms with van der Waals surface area (Å²) in [6, 6.07) is 18.3. The number of aromatic nitrogens is 1. The number of ketones is 1. The fourth-order valence-corrected chi connectivity index (χ4v) is 4.19. The zero-order valence-electron chi connectivity index (χ0n) is 19.2. The number of benzene rings is 2.